The minimum Gasteiger partial charge on any atom is -0.321 e. The van der Waals surface area contributed by atoms with Crippen molar-refractivity contribution in [2.75, 3.05) is 23.5 Å². The smallest absolute Gasteiger partial charge is 0.0422 e. The van der Waals surface area contributed by atoms with E-state index in [0.29, 0.717) is 23.5 Å². The van der Waals surface area contributed by atoms with E-state index in [-0.39, 0.29) is 0 Å². The lowest BCUT2D eigenvalue weighted by molar-refractivity contribution is 0.356. The highest BCUT2D eigenvalue weighted by molar-refractivity contribution is 6.18. The van der Waals surface area contributed by atoms with Gasteiger partial charge in [-0.25, -0.2) is 0 Å². The fraction of sp³-hybridized carbons (Fsp3) is 0.562. The molecule has 0 spiro atoms. The second kappa shape index (κ2) is 15.9. The van der Waals surface area contributed by atoms with E-state index in [1.54, 1.807) is 0 Å². The molecule has 2 nitrogen and oxygen atoms in total. The molecule has 0 saturated heterocycles. The van der Waals surface area contributed by atoms with Gasteiger partial charge in [0.15, 0.2) is 0 Å². The van der Waals surface area contributed by atoms with E-state index in [0.717, 1.165) is 77.0 Å². The molecular formula is C32H44Cl4N2. The van der Waals surface area contributed by atoms with Crippen molar-refractivity contribution in [3.63, 3.8) is 0 Å². The molecule has 0 aliphatic heterocycles. The largest absolute Gasteiger partial charge is 0.321 e. The van der Waals surface area contributed by atoms with Gasteiger partial charge in [0.2, 0.25) is 0 Å². The van der Waals surface area contributed by atoms with Crippen LogP contribution in [0.5, 0.6) is 0 Å². The van der Waals surface area contributed by atoms with Gasteiger partial charge in [0, 0.05) is 34.6 Å². The van der Waals surface area contributed by atoms with Crippen LogP contribution < -0.4 is 11.5 Å². The molecule has 0 radical (unpaired) electrons. The zero-order valence-corrected chi connectivity index (χ0v) is 25.6. The van der Waals surface area contributed by atoms with Gasteiger partial charge in [-0.1, -0.05) is 74.2 Å². The van der Waals surface area contributed by atoms with Crippen LogP contribution in [0.1, 0.15) is 88.2 Å². The van der Waals surface area contributed by atoms with Crippen LogP contribution in [0.2, 0.25) is 0 Å². The van der Waals surface area contributed by atoms with Crippen LogP contribution in [0.4, 0.5) is 0 Å². The van der Waals surface area contributed by atoms with E-state index in [1.807, 2.05) is 0 Å². The maximum absolute atomic E-state index is 7.44. The molecule has 0 heterocycles. The van der Waals surface area contributed by atoms with Crippen molar-refractivity contribution in [1.29, 1.82) is 0 Å². The molecule has 0 fully saturated rings. The minimum absolute atomic E-state index is 0.482. The summed E-state index contributed by atoms with van der Waals surface area (Å²) in [5, 5.41) is 4.85. The molecule has 210 valence electrons. The summed E-state index contributed by atoms with van der Waals surface area (Å²) in [5.74, 6) is 2.61. The van der Waals surface area contributed by atoms with E-state index in [4.69, 9.17) is 57.9 Å². The average molecular weight is 599 g/mol. The second-order valence-electron chi connectivity index (χ2n) is 10.7. The van der Waals surface area contributed by atoms with Gasteiger partial charge in [-0.2, -0.15) is 0 Å². The quantitative estimate of drug-likeness (QED) is 0.0870. The normalized spacial score (nSPS) is 12.6. The summed E-state index contributed by atoms with van der Waals surface area (Å²) in [7, 11) is 0. The Morgan fingerprint density at radius 2 is 0.658 bits per heavy atom. The zero-order valence-electron chi connectivity index (χ0n) is 22.6. The van der Waals surface area contributed by atoms with Crippen molar-refractivity contribution in [1.82, 2.24) is 0 Å². The lowest BCUT2D eigenvalue weighted by Crippen LogP contribution is -2.39. The lowest BCUT2D eigenvalue weighted by Gasteiger charge is -2.37. The molecule has 38 heavy (non-hydrogen) atoms. The summed E-state index contributed by atoms with van der Waals surface area (Å²) >= 11 is 24.3. The van der Waals surface area contributed by atoms with E-state index in [2.05, 4.69) is 48.5 Å². The summed E-state index contributed by atoms with van der Waals surface area (Å²) in [4.78, 5) is 0. The van der Waals surface area contributed by atoms with Crippen LogP contribution in [0.15, 0.2) is 48.5 Å². The zero-order chi connectivity index (χ0) is 27.4. The second-order valence-corrected chi connectivity index (χ2v) is 12.2. The number of fused-ring (bicyclic) bond motifs is 2. The fourth-order valence-corrected chi connectivity index (χ4v) is 6.85. The maximum Gasteiger partial charge on any atom is 0.0422 e. The molecule has 0 saturated carbocycles. The minimum atomic E-state index is -0.482. The standard InChI is InChI=1S/C32H44Cl4N2/c33-21-9-5-17-31(37,18-6-10-22-34)29-25-13-1-2-14-26(25)30(28-16-4-3-15-27(28)29)32(38,19-7-11-23-35)20-8-12-24-36/h1-4,13-16H,5-12,17-24,37-38H2. The van der Waals surface area contributed by atoms with Gasteiger partial charge in [-0.15, -0.1) is 46.4 Å². The number of halogens is 4. The van der Waals surface area contributed by atoms with Gasteiger partial charge < -0.3 is 11.5 Å². The van der Waals surface area contributed by atoms with Crippen molar-refractivity contribution < 1.29 is 0 Å². The first-order chi connectivity index (χ1) is 18.5. The van der Waals surface area contributed by atoms with Gasteiger partial charge in [0.25, 0.3) is 0 Å². The van der Waals surface area contributed by atoms with Gasteiger partial charge in [0.1, 0.15) is 0 Å². The Hall–Kier alpha value is -0.740. The number of hydrogen-bond acceptors (Lipinski definition) is 2. The summed E-state index contributed by atoms with van der Waals surface area (Å²) in [6.45, 7) is 0. The average Bonchev–Trinajstić information content (AvgIpc) is 2.92. The van der Waals surface area contributed by atoms with Crippen molar-refractivity contribution >= 4 is 67.9 Å². The Balaban J connectivity index is 2.30. The van der Waals surface area contributed by atoms with Crippen molar-refractivity contribution in [2.24, 2.45) is 11.5 Å². The van der Waals surface area contributed by atoms with E-state index in [9.17, 15) is 0 Å². The van der Waals surface area contributed by atoms with E-state index < -0.39 is 11.1 Å². The first-order valence-corrected chi connectivity index (χ1v) is 16.4. The molecule has 4 N–H and O–H groups in total. The Kier molecular flexibility index (Phi) is 13.3. The molecule has 0 bridgehead atoms. The molecule has 3 aromatic carbocycles. The number of unbranched alkanes of at least 4 members (excludes halogenated alkanes) is 4. The molecule has 0 aliphatic carbocycles. The van der Waals surface area contributed by atoms with Crippen molar-refractivity contribution in [3.8, 4) is 0 Å². The van der Waals surface area contributed by atoms with Crippen LogP contribution in [-0.4, -0.2) is 23.5 Å². The van der Waals surface area contributed by atoms with Crippen LogP contribution in [0, 0.1) is 0 Å². The molecular weight excluding hydrogens is 554 g/mol. The maximum atomic E-state index is 7.44. The summed E-state index contributed by atoms with van der Waals surface area (Å²) < 4.78 is 0. The molecule has 0 aliphatic rings. The Morgan fingerprint density at radius 3 is 0.868 bits per heavy atom. The van der Waals surface area contributed by atoms with Gasteiger partial charge in [-0.3, -0.25) is 0 Å². The topological polar surface area (TPSA) is 52.0 Å². The molecule has 0 amide bonds. The number of hydrogen-bond donors (Lipinski definition) is 2. The van der Waals surface area contributed by atoms with Crippen LogP contribution >= 0.6 is 46.4 Å². The van der Waals surface area contributed by atoms with Crippen LogP contribution in [0.3, 0.4) is 0 Å². The Labute approximate surface area is 249 Å². The summed E-state index contributed by atoms with van der Waals surface area (Å²) in [6, 6.07) is 17.5. The third kappa shape index (κ3) is 7.71. The van der Waals surface area contributed by atoms with E-state index >= 15 is 0 Å². The fourth-order valence-electron chi connectivity index (χ4n) is 6.09. The van der Waals surface area contributed by atoms with Crippen molar-refractivity contribution in [2.45, 2.75) is 88.1 Å². The lowest BCUT2D eigenvalue weighted by atomic mass is 9.72. The summed E-state index contributed by atoms with van der Waals surface area (Å²) in [5.41, 5.74) is 16.4. The molecule has 3 aromatic rings. The highest BCUT2D eigenvalue weighted by Gasteiger charge is 2.35. The van der Waals surface area contributed by atoms with Crippen molar-refractivity contribution in [3.05, 3.63) is 59.7 Å². The van der Waals surface area contributed by atoms with Crippen LogP contribution in [0.25, 0.3) is 21.5 Å². The summed E-state index contributed by atoms with van der Waals surface area (Å²) in [6.07, 6.45) is 11.3. The van der Waals surface area contributed by atoms with Crippen LogP contribution in [-0.2, 0) is 11.1 Å². The number of rotatable bonds is 18. The third-order valence-electron chi connectivity index (χ3n) is 7.95. The molecule has 6 heteroatoms. The molecule has 0 atom stereocenters. The predicted molar refractivity (Wildman–Crippen MR) is 171 cm³/mol. The van der Waals surface area contributed by atoms with Gasteiger partial charge >= 0.3 is 0 Å². The number of nitrogens with two attached hydrogens (primary N) is 2. The molecule has 0 unspecified atom stereocenters. The van der Waals surface area contributed by atoms with Gasteiger partial charge in [-0.05, 0) is 84.0 Å². The highest BCUT2D eigenvalue weighted by atomic mass is 35.5. The molecule has 0 aromatic heterocycles. The van der Waals surface area contributed by atoms with Gasteiger partial charge in [0.05, 0.1) is 0 Å². The number of benzene rings is 3. The SMILES string of the molecule is NC(CCCCCl)(CCCCCl)c1c2ccccc2c(C(N)(CCCCCl)CCCCCl)c2ccccc12. The third-order valence-corrected chi connectivity index (χ3v) is 9.02. The predicted octanol–water partition coefficient (Wildman–Crippen LogP) is 9.94. The Morgan fingerprint density at radius 1 is 0.421 bits per heavy atom. The van der Waals surface area contributed by atoms with E-state index in [1.165, 1.54) is 32.7 Å². The first-order valence-electron chi connectivity index (χ1n) is 14.2. The Bertz CT molecular complexity index is 968. The first kappa shape index (κ1) is 31.8. The monoisotopic (exact) mass is 596 g/mol. The number of alkyl halides is 4. The molecule has 3 rings (SSSR count). The highest BCUT2D eigenvalue weighted by Crippen LogP contribution is 2.46.